The normalized spacial score (nSPS) is 11.7. The summed E-state index contributed by atoms with van der Waals surface area (Å²) in [6.45, 7) is 2.63. The SMILES string of the molecule is Cc1c(NC(=O)C(C)OC(=O)COc2ccc3ccc(=O)oc3c2)c(=O)n(-c2ccccc2)n1C. The van der Waals surface area contributed by atoms with Crippen molar-refractivity contribution < 1.29 is 23.5 Å². The van der Waals surface area contributed by atoms with Crippen molar-refractivity contribution in [1.29, 1.82) is 0 Å². The minimum atomic E-state index is -1.18. The number of aromatic nitrogens is 2. The molecule has 0 aliphatic rings. The van der Waals surface area contributed by atoms with Crippen molar-refractivity contribution in [3.05, 3.63) is 87.1 Å². The van der Waals surface area contributed by atoms with Crippen LogP contribution < -0.4 is 21.2 Å². The first-order chi connectivity index (χ1) is 16.7. The number of fused-ring (bicyclic) bond motifs is 1. The number of anilines is 1. The Kier molecular flexibility index (Phi) is 6.54. The van der Waals surface area contributed by atoms with Crippen LogP contribution in [0.25, 0.3) is 16.7 Å². The molecule has 0 saturated heterocycles. The molecule has 10 heteroatoms. The number of rotatable bonds is 7. The van der Waals surface area contributed by atoms with E-state index in [1.165, 1.54) is 23.7 Å². The van der Waals surface area contributed by atoms with Crippen molar-refractivity contribution in [2.24, 2.45) is 7.05 Å². The maximum atomic E-state index is 12.9. The van der Waals surface area contributed by atoms with Gasteiger partial charge in [-0.1, -0.05) is 18.2 Å². The zero-order valence-corrected chi connectivity index (χ0v) is 19.3. The fourth-order valence-corrected chi connectivity index (χ4v) is 3.49. The van der Waals surface area contributed by atoms with Crippen LogP contribution in [0.4, 0.5) is 5.69 Å². The van der Waals surface area contributed by atoms with Crippen LogP contribution in [0.15, 0.2) is 74.7 Å². The molecule has 2 aromatic heterocycles. The molecule has 0 radical (unpaired) electrons. The number of ether oxygens (including phenoxy) is 2. The van der Waals surface area contributed by atoms with Gasteiger partial charge in [-0.15, -0.1) is 0 Å². The number of nitrogens with zero attached hydrogens (tertiary/aromatic N) is 2. The molecule has 10 nitrogen and oxygen atoms in total. The molecule has 180 valence electrons. The summed E-state index contributed by atoms with van der Waals surface area (Å²) in [5.74, 6) is -1.15. The summed E-state index contributed by atoms with van der Waals surface area (Å²) in [5.41, 5.74) is 0.686. The van der Waals surface area contributed by atoms with E-state index in [-0.39, 0.29) is 5.69 Å². The highest BCUT2D eigenvalue weighted by Gasteiger charge is 2.23. The number of benzene rings is 2. The minimum Gasteiger partial charge on any atom is -0.482 e. The van der Waals surface area contributed by atoms with Gasteiger partial charge in [0.2, 0.25) is 0 Å². The molecule has 1 atom stereocenters. The van der Waals surface area contributed by atoms with Gasteiger partial charge in [0.25, 0.3) is 11.5 Å². The Bertz CT molecular complexity index is 1520. The topological polar surface area (TPSA) is 122 Å². The lowest BCUT2D eigenvalue weighted by Gasteiger charge is -2.13. The van der Waals surface area contributed by atoms with E-state index in [4.69, 9.17) is 13.9 Å². The maximum Gasteiger partial charge on any atom is 0.344 e. The lowest BCUT2D eigenvalue weighted by atomic mass is 10.2. The van der Waals surface area contributed by atoms with E-state index >= 15 is 0 Å². The van der Waals surface area contributed by atoms with Gasteiger partial charge in [0.05, 0.1) is 11.4 Å². The second-order valence-electron chi connectivity index (χ2n) is 7.80. The smallest absolute Gasteiger partial charge is 0.344 e. The van der Waals surface area contributed by atoms with Crippen LogP contribution in [0, 0.1) is 6.92 Å². The van der Waals surface area contributed by atoms with E-state index in [0.717, 1.165) is 0 Å². The van der Waals surface area contributed by atoms with Crippen molar-refractivity contribution >= 4 is 28.5 Å². The van der Waals surface area contributed by atoms with E-state index < -0.39 is 35.8 Å². The molecule has 35 heavy (non-hydrogen) atoms. The van der Waals surface area contributed by atoms with Crippen molar-refractivity contribution in [3.63, 3.8) is 0 Å². The Balaban J connectivity index is 1.38. The lowest BCUT2D eigenvalue weighted by Crippen LogP contribution is -2.33. The fourth-order valence-electron chi connectivity index (χ4n) is 3.49. The quantitative estimate of drug-likeness (QED) is 0.321. The molecule has 0 aliphatic heterocycles. The van der Waals surface area contributed by atoms with Crippen molar-refractivity contribution in [2.45, 2.75) is 20.0 Å². The average Bonchev–Trinajstić information content (AvgIpc) is 3.05. The monoisotopic (exact) mass is 477 g/mol. The van der Waals surface area contributed by atoms with Gasteiger partial charge in [0, 0.05) is 24.6 Å². The summed E-state index contributed by atoms with van der Waals surface area (Å²) < 4.78 is 18.7. The number of hydrogen-bond donors (Lipinski definition) is 1. The third-order valence-corrected chi connectivity index (χ3v) is 5.43. The number of amides is 1. The standard InChI is InChI=1S/C25H23N3O7/c1-15-23(25(32)28(27(15)3)18-7-5-4-6-8-18)26-24(31)16(2)34-22(30)14-33-19-11-9-17-10-12-21(29)35-20(17)13-19/h4-13,16H,14H2,1-3H3,(H,26,31). The Morgan fingerprint density at radius 2 is 1.77 bits per heavy atom. The Morgan fingerprint density at radius 3 is 2.51 bits per heavy atom. The van der Waals surface area contributed by atoms with Gasteiger partial charge in [0.1, 0.15) is 17.0 Å². The first-order valence-electron chi connectivity index (χ1n) is 10.8. The van der Waals surface area contributed by atoms with E-state index in [9.17, 15) is 19.2 Å². The van der Waals surface area contributed by atoms with Crippen LogP contribution in [0.3, 0.4) is 0 Å². The first kappa shape index (κ1) is 23.6. The number of hydrogen-bond acceptors (Lipinski definition) is 7. The third kappa shape index (κ3) is 5.01. The summed E-state index contributed by atoms with van der Waals surface area (Å²) >= 11 is 0. The Labute approximate surface area is 199 Å². The number of esters is 1. The molecule has 4 aromatic rings. The van der Waals surface area contributed by atoms with Gasteiger partial charge in [-0.3, -0.25) is 14.3 Å². The molecule has 0 aliphatic carbocycles. The molecule has 0 bridgehead atoms. The van der Waals surface area contributed by atoms with E-state index in [1.807, 2.05) is 6.07 Å². The molecule has 0 fully saturated rings. The molecule has 0 saturated carbocycles. The molecule has 2 heterocycles. The van der Waals surface area contributed by atoms with E-state index in [0.29, 0.717) is 28.1 Å². The fraction of sp³-hybridized carbons (Fsp3) is 0.200. The molecule has 4 rings (SSSR count). The predicted molar refractivity (Wildman–Crippen MR) is 128 cm³/mol. The van der Waals surface area contributed by atoms with Gasteiger partial charge in [-0.2, -0.15) is 0 Å². The number of para-hydroxylation sites is 1. The first-order valence-corrected chi connectivity index (χ1v) is 10.8. The largest absolute Gasteiger partial charge is 0.482 e. The third-order valence-electron chi connectivity index (χ3n) is 5.43. The van der Waals surface area contributed by atoms with Crippen LogP contribution in [0.5, 0.6) is 5.75 Å². The molecular weight excluding hydrogens is 454 g/mol. The molecule has 2 aromatic carbocycles. The number of carbonyl (C=O) groups excluding carboxylic acids is 2. The summed E-state index contributed by atoms with van der Waals surface area (Å²) in [4.78, 5) is 49.1. The van der Waals surface area contributed by atoms with Crippen molar-refractivity contribution in [1.82, 2.24) is 9.36 Å². The van der Waals surface area contributed by atoms with Crippen LogP contribution in [-0.4, -0.2) is 34.0 Å². The Morgan fingerprint density at radius 1 is 1.06 bits per heavy atom. The van der Waals surface area contributed by atoms with Crippen molar-refractivity contribution in [3.8, 4) is 11.4 Å². The lowest BCUT2D eigenvalue weighted by molar-refractivity contribution is -0.155. The van der Waals surface area contributed by atoms with Gasteiger partial charge in [0.15, 0.2) is 12.7 Å². The van der Waals surface area contributed by atoms with Crippen molar-refractivity contribution in [2.75, 3.05) is 11.9 Å². The zero-order chi connectivity index (χ0) is 25.1. The van der Waals surface area contributed by atoms with E-state index in [2.05, 4.69) is 5.32 Å². The van der Waals surface area contributed by atoms with Gasteiger partial charge in [-0.25, -0.2) is 14.3 Å². The summed E-state index contributed by atoms with van der Waals surface area (Å²) in [6, 6.07) is 16.7. The van der Waals surface area contributed by atoms with Crippen LogP contribution in [-0.2, 0) is 21.4 Å². The summed E-state index contributed by atoms with van der Waals surface area (Å²) in [5, 5.41) is 3.26. The average molecular weight is 477 g/mol. The highest BCUT2D eigenvalue weighted by molar-refractivity contribution is 5.95. The molecule has 1 amide bonds. The van der Waals surface area contributed by atoms with Gasteiger partial charge >= 0.3 is 11.6 Å². The summed E-state index contributed by atoms with van der Waals surface area (Å²) in [7, 11) is 1.71. The zero-order valence-electron chi connectivity index (χ0n) is 19.3. The Hall–Kier alpha value is -4.60. The van der Waals surface area contributed by atoms with E-state index in [1.54, 1.807) is 61.1 Å². The highest BCUT2D eigenvalue weighted by Crippen LogP contribution is 2.19. The molecule has 0 spiro atoms. The van der Waals surface area contributed by atoms with Crippen LogP contribution in [0.1, 0.15) is 12.6 Å². The maximum absolute atomic E-state index is 12.9. The van der Waals surface area contributed by atoms with Crippen LogP contribution in [0.2, 0.25) is 0 Å². The van der Waals surface area contributed by atoms with Crippen LogP contribution >= 0.6 is 0 Å². The molecule has 1 N–H and O–H groups in total. The second kappa shape index (κ2) is 9.72. The second-order valence-corrected chi connectivity index (χ2v) is 7.80. The van der Waals surface area contributed by atoms with Gasteiger partial charge in [-0.05, 0) is 44.2 Å². The minimum absolute atomic E-state index is 0.0955. The molecular formula is C25H23N3O7. The van der Waals surface area contributed by atoms with Gasteiger partial charge < -0.3 is 19.2 Å². The number of nitrogens with one attached hydrogen (secondary N) is 1. The highest BCUT2D eigenvalue weighted by atomic mass is 16.6. The number of carbonyl (C=O) groups is 2. The predicted octanol–water partition coefficient (Wildman–Crippen LogP) is 2.54. The summed E-state index contributed by atoms with van der Waals surface area (Å²) in [6.07, 6.45) is -1.18. The molecule has 1 unspecified atom stereocenters.